The van der Waals surface area contributed by atoms with Crippen LogP contribution < -0.4 is 16.4 Å². The Balaban J connectivity index is 1.40. The van der Waals surface area contributed by atoms with Crippen LogP contribution in [-0.2, 0) is 12.6 Å². The molecule has 0 saturated carbocycles. The third-order valence-corrected chi connectivity index (χ3v) is 4.64. The summed E-state index contributed by atoms with van der Waals surface area (Å²) in [5.74, 6) is -0.538. The molecule has 0 atom stereocenters. The highest BCUT2D eigenvalue weighted by molar-refractivity contribution is 5.99. The number of fused-ring (bicyclic) bond motifs is 1. The van der Waals surface area contributed by atoms with Crippen LogP contribution in [0.1, 0.15) is 16.8 Å². The van der Waals surface area contributed by atoms with Gasteiger partial charge in [0, 0.05) is 17.8 Å². The molecule has 0 radical (unpaired) electrons. The molecule has 164 valence electrons. The molecule has 32 heavy (non-hydrogen) atoms. The smallest absolute Gasteiger partial charge is 0.384 e. The van der Waals surface area contributed by atoms with E-state index >= 15 is 0 Å². The van der Waals surface area contributed by atoms with Gasteiger partial charge in [-0.25, -0.2) is 14.2 Å². The van der Waals surface area contributed by atoms with E-state index in [0.717, 1.165) is 16.6 Å². The number of H-pyrrole nitrogens is 1. The lowest BCUT2D eigenvalue weighted by molar-refractivity contribution is -0.137. The van der Waals surface area contributed by atoms with Crippen molar-refractivity contribution in [1.29, 1.82) is 0 Å². The number of nitrogens with two attached hydrogens (primary N) is 1. The van der Waals surface area contributed by atoms with Crippen LogP contribution in [0.4, 0.5) is 39.5 Å². The predicted octanol–water partition coefficient (Wildman–Crippen LogP) is 4.93. The first kappa shape index (κ1) is 21.1. The van der Waals surface area contributed by atoms with Gasteiger partial charge in [-0.2, -0.15) is 18.3 Å². The summed E-state index contributed by atoms with van der Waals surface area (Å²) in [5.41, 5.74) is 6.66. The number of alkyl halides is 3. The van der Waals surface area contributed by atoms with Gasteiger partial charge in [0.2, 0.25) is 0 Å². The number of urea groups is 1. The van der Waals surface area contributed by atoms with Crippen molar-refractivity contribution < 1.29 is 22.4 Å². The van der Waals surface area contributed by atoms with Crippen LogP contribution in [0.25, 0.3) is 11.0 Å². The SMILES string of the molecule is Nc1[nH]nc2nc(Cc3ccc(NC(=O)Nc4cc(C(F)(F)F)ccc4F)cc3)ccc12. The number of pyridine rings is 1. The third-order valence-electron chi connectivity index (χ3n) is 4.64. The van der Waals surface area contributed by atoms with E-state index < -0.39 is 29.3 Å². The van der Waals surface area contributed by atoms with Crippen molar-refractivity contribution in [2.75, 3.05) is 16.4 Å². The molecule has 4 rings (SSSR count). The number of nitrogen functional groups attached to an aromatic ring is 1. The van der Waals surface area contributed by atoms with E-state index in [-0.39, 0.29) is 0 Å². The number of anilines is 3. The Labute approximate surface area is 178 Å². The number of amides is 2. The van der Waals surface area contributed by atoms with Gasteiger partial charge in [0.15, 0.2) is 5.65 Å². The largest absolute Gasteiger partial charge is 0.416 e. The predicted molar refractivity (Wildman–Crippen MR) is 112 cm³/mol. The first-order valence-corrected chi connectivity index (χ1v) is 9.32. The molecule has 0 fully saturated rings. The molecule has 7 nitrogen and oxygen atoms in total. The first-order chi connectivity index (χ1) is 15.2. The van der Waals surface area contributed by atoms with E-state index in [1.807, 2.05) is 12.1 Å². The molecule has 0 bridgehead atoms. The number of carbonyl (C=O) groups excluding carboxylic acids is 1. The van der Waals surface area contributed by atoms with Crippen LogP contribution in [0.5, 0.6) is 0 Å². The third kappa shape index (κ3) is 4.61. The zero-order chi connectivity index (χ0) is 22.9. The van der Waals surface area contributed by atoms with Crippen molar-refractivity contribution >= 4 is 34.3 Å². The second-order valence-corrected chi connectivity index (χ2v) is 6.96. The number of halogens is 4. The summed E-state index contributed by atoms with van der Waals surface area (Å²) in [6.45, 7) is 0. The monoisotopic (exact) mass is 444 g/mol. The van der Waals surface area contributed by atoms with Gasteiger partial charge in [-0.15, -0.1) is 0 Å². The fourth-order valence-electron chi connectivity index (χ4n) is 3.05. The van der Waals surface area contributed by atoms with Gasteiger partial charge in [0.25, 0.3) is 0 Å². The summed E-state index contributed by atoms with van der Waals surface area (Å²) in [5, 5.41) is 12.0. The zero-order valence-corrected chi connectivity index (χ0v) is 16.3. The highest BCUT2D eigenvalue weighted by atomic mass is 19.4. The van der Waals surface area contributed by atoms with Crippen LogP contribution in [0, 0.1) is 5.82 Å². The maximum Gasteiger partial charge on any atom is 0.416 e. The van der Waals surface area contributed by atoms with Gasteiger partial charge < -0.3 is 16.4 Å². The lowest BCUT2D eigenvalue weighted by Crippen LogP contribution is -2.20. The number of aromatic nitrogens is 3. The molecule has 0 unspecified atom stereocenters. The van der Waals surface area contributed by atoms with Crippen LogP contribution in [-0.4, -0.2) is 21.2 Å². The second kappa shape index (κ2) is 8.17. The molecule has 0 saturated heterocycles. The van der Waals surface area contributed by atoms with Crippen LogP contribution in [0.2, 0.25) is 0 Å². The van der Waals surface area contributed by atoms with E-state index in [1.165, 1.54) is 0 Å². The number of aromatic amines is 1. The number of benzene rings is 2. The Morgan fingerprint density at radius 2 is 1.78 bits per heavy atom. The van der Waals surface area contributed by atoms with Gasteiger partial charge in [0.05, 0.1) is 16.6 Å². The molecule has 5 N–H and O–H groups in total. The molecular formula is C21H16F4N6O. The van der Waals surface area contributed by atoms with Gasteiger partial charge in [-0.05, 0) is 48.0 Å². The van der Waals surface area contributed by atoms with Gasteiger partial charge in [-0.3, -0.25) is 5.10 Å². The average Bonchev–Trinajstić information content (AvgIpc) is 3.10. The fourth-order valence-corrected chi connectivity index (χ4v) is 3.05. The minimum absolute atomic E-state index is 0.377. The maximum atomic E-state index is 13.8. The zero-order valence-electron chi connectivity index (χ0n) is 16.3. The van der Waals surface area contributed by atoms with Gasteiger partial charge in [-0.1, -0.05) is 12.1 Å². The Bertz CT molecular complexity index is 1280. The summed E-state index contributed by atoms with van der Waals surface area (Å²) in [6.07, 6.45) is -4.15. The summed E-state index contributed by atoms with van der Waals surface area (Å²) >= 11 is 0. The number of hydrogen-bond donors (Lipinski definition) is 4. The summed E-state index contributed by atoms with van der Waals surface area (Å²) < 4.78 is 52.2. The Morgan fingerprint density at radius 3 is 2.50 bits per heavy atom. The quantitative estimate of drug-likeness (QED) is 0.335. The molecule has 2 heterocycles. The summed E-state index contributed by atoms with van der Waals surface area (Å²) in [4.78, 5) is 16.5. The van der Waals surface area contributed by atoms with Gasteiger partial charge >= 0.3 is 12.2 Å². The van der Waals surface area contributed by atoms with Crippen molar-refractivity contribution in [2.24, 2.45) is 0 Å². The number of carbonyl (C=O) groups is 1. The normalized spacial score (nSPS) is 11.5. The van der Waals surface area contributed by atoms with Crippen molar-refractivity contribution in [2.45, 2.75) is 12.6 Å². The number of hydrogen-bond acceptors (Lipinski definition) is 4. The Hall–Kier alpha value is -4.15. The summed E-state index contributed by atoms with van der Waals surface area (Å²) in [7, 11) is 0. The molecule has 0 aliphatic rings. The minimum atomic E-state index is -4.65. The molecule has 2 amide bonds. The first-order valence-electron chi connectivity index (χ1n) is 9.32. The number of rotatable bonds is 4. The van der Waals surface area contributed by atoms with Crippen molar-refractivity contribution in [3.63, 3.8) is 0 Å². The van der Waals surface area contributed by atoms with Crippen molar-refractivity contribution in [3.05, 3.63) is 77.2 Å². The fraction of sp³-hybridized carbons (Fsp3) is 0.0952. The van der Waals surface area contributed by atoms with Crippen LogP contribution in [0.15, 0.2) is 54.6 Å². The van der Waals surface area contributed by atoms with E-state index in [9.17, 15) is 22.4 Å². The standard InChI is InChI=1S/C21H16F4N6O/c22-16-8-3-12(21(23,24)25)10-17(16)29-20(32)28-13-4-1-11(2-5-13)9-14-6-7-15-18(26)30-31-19(15)27-14/h1-8,10H,9H2,(H2,28,29,32)(H3,26,27,30,31). The lowest BCUT2D eigenvalue weighted by atomic mass is 10.1. The molecule has 2 aromatic heterocycles. The highest BCUT2D eigenvalue weighted by Crippen LogP contribution is 2.31. The lowest BCUT2D eigenvalue weighted by Gasteiger charge is -2.12. The summed E-state index contributed by atoms with van der Waals surface area (Å²) in [6, 6.07) is 11.3. The van der Waals surface area contributed by atoms with E-state index in [4.69, 9.17) is 5.73 Å². The maximum absolute atomic E-state index is 13.8. The van der Waals surface area contributed by atoms with Gasteiger partial charge in [0.1, 0.15) is 11.6 Å². The molecule has 4 aromatic rings. The average molecular weight is 444 g/mol. The molecule has 0 aliphatic carbocycles. The highest BCUT2D eigenvalue weighted by Gasteiger charge is 2.31. The minimum Gasteiger partial charge on any atom is -0.384 e. The molecule has 0 spiro atoms. The second-order valence-electron chi connectivity index (χ2n) is 6.96. The van der Waals surface area contributed by atoms with Crippen molar-refractivity contribution in [3.8, 4) is 0 Å². The van der Waals surface area contributed by atoms with E-state index in [2.05, 4.69) is 25.8 Å². The van der Waals surface area contributed by atoms with E-state index in [0.29, 0.717) is 41.8 Å². The molecule has 2 aromatic carbocycles. The molecular weight excluding hydrogens is 428 g/mol. The van der Waals surface area contributed by atoms with E-state index in [1.54, 1.807) is 24.3 Å². The molecule has 0 aliphatic heterocycles. The Morgan fingerprint density at radius 1 is 1.03 bits per heavy atom. The number of nitrogens with one attached hydrogen (secondary N) is 3. The van der Waals surface area contributed by atoms with Crippen LogP contribution >= 0.6 is 0 Å². The van der Waals surface area contributed by atoms with Crippen molar-refractivity contribution in [1.82, 2.24) is 15.2 Å². The molecule has 11 heteroatoms. The number of nitrogens with zero attached hydrogens (tertiary/aromatic N) is 2. The Kier molecular flexibility index (Phi) is 5.39. The van der Waals surface area contributed by atoms with Crippen LogP contribution in [0.3, 0.4) is 0 Å². The topological polar surface area (TPSA) is 109 Å².